The number of rotatable bonds is 4. The van der Waals surface area contributed by atoms with E-state index in [4.69, 9.17) is 9.15 Å². The predicted molar refractivity (Wildman–Crippen MR) is 79.4 cm³/mol. The standard InChI is InChI=1S/C14H15N3O2S/c1-8-7-15-13(19-8)9(2)16-14-17-11-5-4-10(18-3)6-12(11)20-14/h4-7,9H,1-3H3,(H,16,17). The molecule has 0 aliphatic rings. The van der Waals surface area contributed by atoms with Crippen molar-refractivity contribution in [3.63, 3.8) is 0 Å². The van der Waals surface area contributed by atoms with E-state index in [2.05, 4.69) is 15.3 Å². The zero-order valence-electron chi connectivity index (χ0n) is 11.5. The summed E-state index contributed by atoms with van der Waals surface area (Å²) >= 11 is 1.58. The monoisotopic (exact) mass is 289 g/mol. The summed E-state index contributed by atoms with van der Waals surface area (Å²) < 4.78 is 11.8. The van der Waals surface area contributed by atoms with Crippen molar-refractivity contribution in [1.82, 2.24) is 9.97 Å². The van der Waals surface area contributed by atoms with Gasteiger partial charge >= 0.3 is 0 Å². The van der Waals surface area contributed by atoms with Crippen LogP contribution in [-0.4, -0.2) is 17.1 Å². The van der Waals surface area contributed by atoms with Crippen molar-refractivity contribution in [1.29, 1.82) is 0 Å². The minimum atomic E-state index is -0.0221. The van der Waals surface area contributed by atoms with Gasteiger partial charge in [-0.2, -0.15) is 0 Å². The molecule has 0 bridgehead atoms. The van der Waals surface area contributed by atoms with Crippen molar-refractivity contribution < 1.29 is 9.15 Å². The lowest BCUT2D eigenvalue weighted by atomic mass is 10.3. The number of methoxy groups -OCH3 is 1. The van der Waals surface area contributed by atoms with Gasteiger partial charge in [0.05, 0.1) is 23.5 Å². The minimum Gasteiger partial charge on any atom is -0.497 e. The number of hydrogen-bond donors (Lipinski definition) is 1. The summed E-state index contributed by atoms with van der Waals surface area (Å²) in [5.41, 5.74) is 0.953. The third-order valence-electron chi connectivity index (χ3n) is 2.95. The number of oxazole rings is 1. The molecule has 0 saturated heterocycles. The highest BCUT2D eigenvalue weighted by molar-refractivity contribution is 7.22. The van der Waals surface area contributed by atoms with Gasteiger partial charge in [0.1, 0.15) is 17.6 Å². The first-order chi connectivity index (χ1) is 9.65. The van der Waals surface area contributed by atoms with Gasteiger partial charge in [0.2, 0.25) is 5.89 Å². The van der Waals surface area contributed by atoms with Crippen molar-refractivity contribution in [2.75, 3.05) is 12.4 Å². The Morgan fingerprint density at radius 2 is 2.25 bits per heavy atom. The molecule has 3 aromatic rings. The van der Waals surface area contributed by atoms with Crippen LogP contribution in [0.4, 0.5) is 5.13 Å². The van der Waals surface area contributed by atoms with E-state index in [1.165, 1.54) is 0 Å². The zero-order chi connectivity index (χ0) is 14.1. The van der Waals surface area contributed by atoms with Gasteiger partial charge in [0, 0.05) is 0 Å². The van der Waals surface area contributed by atoms with E-state index in [0.29, 0.717) is 5.89 Å². The van der Waals surface area contributed by atoms with Crippen molar-refractivity contribution in [3.05, 3.63) is 36.0 Å². The molecule has 0 radical (unpaired) electrons. The summed E-state index contributed by atoms with van der Waals surface area (Å²) in [6, 6.07) is 5.83. The van der Waals surface area contributed by atoms with Crippen LogP contribution in [0.25, 0.3) is 10.2 Å². The molecular weight excluding hydrogens is 274 g/mol. The number of nitrogens with zero attached hydrogens (tertiary/aromatic N) is 2. The molecule has 5 nitrogen and oxygen atoms in total. The number of nitrogens with one attached hydrogen (secondary N) is 1. The van der Waals surface area contributed by atoms with Crippen molar-refractivity contribution in [3.8, 4) is 5.75 Å². The summed E-state index contributed by atoms with van der Waals surface area (Å²) in [7, 11) is 1.66. The minimum absolute atomic E-state index is 0.0221. The summed E-state index contributed by atoms with van der Waals surface area (Å²) in [6.07, 6.45) is 1.72. The van der Waals surface area contributed by atoms with Crippen LogP contribution in [0.1, 0.15) is 24.6 Å². The quantitative estimate of drug-likeness (QED) is 0.792. The molecule has 2 aromatic heterocycles. The number of aryl methyl sites for hydroxylation is 1. The molecule has 1 unspecified atom stereocenters. The molecule has 0 aliphatic carbocycles. The second-order valence-corrected chi connectivity index (χ2v) is 5.56. The molecule has 104 valence electrons. The number of anilines is 1. The summed E-state index contributed by atoms with van der Waals surface area (Å²) in [5, 5.41) is 4.15. The van der Waals surface area contributed by atoms with E-state index >= 15 is 0 Å². The van der Waals surface area contributed by atoms with E-state index < -0.39 is 0 Å². The summed E-state index contributed by atoms with van der Waals surface area (Å²) in [4.78, 5) is 8.76. The topological polar surface area (TPSA) is 60.2 Å². The van der Waals surface area contributed by atoms with Gasteiger partial charge in [-0.1, -0.05) is 11.3 Å². The van der Waals surface area contributed by atoms with Crippen LogP contribution in [0.5, 0.6) is 5.75 Å². The fourth-order valence-electron chi connectivity index (χ4n) is 1.91. The van der Waals surface area contributed by atoms with E-state index in [-0.39, 0.29) is 6.04 Å². The molecule has 0 spiro atoms. The highest BCUT2D eigenvalue weighted by Gasteiger charge is 2.13. The van der Waals surface area contributed by atoms with Crippen molar-refractivity contribution >= 4 is 26.7 Å². The van der Waals surface area contributed by atoms with Crippen molar-refractivity contribution in [2.24, 2.45) is 0 Å². The summed E-state index contributed by atoms with van der Waals surface area (Å²) in [6.45, 7) is 3.88. The Morgan fingerprint density at radius 3 is 2.95 bits per heavy atom. The Bertz CT molecular complexity index is 735. The maximum absolute atomic E-state index is 5.51. The number of benzene rings is 1. The van der Waals surface area contributed by atoms with Gasteiger partial charge in [-0.3, -0.25) is 0 Å². The lowest BCUT2D eigenvalue weighted by molar-refractivity contribution is 0.415. The highest BCUT2D eigenvalue weighted by atomic mass is 32.1. The molecule has 0 amide bonds. The van der Waals surface area contributed by atoms with Crippen LogP contribution >= 0.6 is 11.3 Å². The van der Waals surface area contributed by atoms with Gasteiger partial charge in [-0.05, 0) is 32.0 Å². The predicted octanol–water partition coefficient (Wildman–Crippen LogP) is 3.77. The molecule has 6 heteroatoms. The third kappa shape index (κ3) is 2.46. The molecule has 20 heavy (non-hydrogen) atoms. The number of thiazole rings is 1. The Morgan fingerprint density at radius 1 is 1.40 bits per heavy atom. The Labute approximate surface area is 120 Å². The zero-order valence-corrected chi connectivity index (χ0v) is 12.3. The van der Waals surface area contributed by atoms with Crippen LogP contribution in [0.15, 0.2) is 28.8 Å². The molecule has 2 heterocycles. The van der Waals surface area contributed by atoms with Crippen LogP contribution < -0.4 is 10.1 Å². The number of aromatic nitrogens is 2. The highest BCUT2D eigenvalue weighted by Crippen LogP contribution is 2.31. The van der Waals surface area contributed by atoms with Crippen LogP contribution in [0.3, 0.4) is 0 Å². The smallest absolute Gasteiger partial charge is 0.216 e. The van der Waals surface area contributed by atoms with Gasteiger partial charge in [0.25, 0.3) is 0 Å². The largest absolute Gasteiger partial charge is 0.497 e. The maximum atomic E-state index is 5.51. The van der Waals surface area contributed by atoms with Crippen LogP contribution in [0.2, 0.25) is 0 Å². The fraction of sp³-hybridized carbons (Fsp3) is 0.286. The first-order valence-corrected chi connectivity index (χ1v) is 7.11. The molecular formula is C14H15N3O2S. The van der Waals surface area contributed by atoms with Gasteiger partial charge in [0.15, 0.2) is 5.13 Å². The molecule has 1 aromatic carbocycles. The van der Waals surface area contributed by atoms with Crippen LogP contribution in [0, 0.1) is 6.92 Å². The second-order valence-electron chi connectivity index (χ2n) is 4.53. The van der Waals surface area contributed by atoms with Gasteiger partial charge in [-0.25, -0.2) is 9.97 Å². The average Bonchev–Trinajstić information content (AvgIpc) is 3.03. The molecule has 0 fully saturated rings. The van der Waals surface area contributed by atoms with E-state index in [1.807, 2.05) is 32.0 Å². The third-order valence-corrected chi connectivity index (χ3v) is 3.89. The Kier molecular flexibility index (Phi) is 3.31. The first-order valence-electron chi connectivity index (χ1n) is 6.29. The lowest BCUT2D eigenvalue weighted by Gasteiger charge is -2.07. The average molecular weight is 289 g/mol. The molecule has 3 rings (SSSR count). The molecule has 1 N–H and O–H groups in total. The second kappa shape index (κ2) is 5.13. The normalized spacial score (nSPS) is 12.6. The maximum Gasteiger partial charge on any atom is 0.216 e. The van der Waals surface area contributed by atoms with Crippen molar-refractivity contribution in [2.45, 2.75) is 19.9 Å². The molecule has 0 saturated carbocycles. The van der Waals surface area contributed by atoms with Gasteiger partial charge < -0.3 is 14.5 Å². The van der Waals surface area contributed by atoms with E-state index in [0.717, 1.165) is 26.9 Å². The fourth-order valence-corrected chi connectivity index (χ4v) is 2.89. The number of fused-ring (bicyclic) bond motifs is 1. The van der Waals surface area contributed by atoms with E-state index in [9.17, 15) is 0 Å². The Hall–Kier alpha value is -2.08. The SMILES string of the molecule is COc1ccc2nc(NC(C)c3ncc(C)o3)sc2c1. The van der Waals surface area contributed by atoms with Crippen LogP contribution in [-0.2, 0) is 0 Å². The van der Waals surface area contributed by atoms with E-state index in [1.54, 1.807) is 24.6 Å². The summed E-state index contributed by atoms with van der Waals surface area (Å²) in [5.74, 6) is 2.31. The number of hydrogen-bond acceptors (Lipinski definition) is 6. The van der Waals surface area contributed by atoms with Gasteiger partial charge in [-0.15, -0.1) is 0 Å². The lowest BCUT2D eigenvalue weighted by Crippen LogP contribution is -2.06. The molecule has 0 aliphatic heterocycles. The first kappa shape index (κ1) is 12.9. The number of ether oxygens (including phenoxy) is 1. The molecule has 1 atom stereocenters. The Balaban J connectivity index is 1.83.